The zero-order valence-corrected chi connectivity index (χ0v) is 14.0. The lowest BCUT2D eigenvalue weighted by molar-refractivity contribution is -0.138. The normalized spacial score (nSPS) is 10.5. The number of nitrogens with zero attached hydrogens (tertiary/aromatic N) is 1. The van der Waals surface area contributed by atoms with E-state index in [1.807, 2.05) is 0 Å². The van der Waals surface area contributed by atoms with Crippen LogP contribution in [0.3, 0.4) is 0 Å². The Morgan fingerprint density at radius 2 is 2.04 bits per heavy atom. The van der Waals surface area contributed by atoms with Gasteiger partial charge in [0.05, 0.1) is 11.2 Å². The molecule has 130 valence electrons. The highest BCUT2D eigenvalue weighted by Gasteiger charge is 2.09. The number of benzene rings is 2. The molecule has 0 aliphatic rings. The first-order valence-electron chi connectivity index (χ1n) is 7.21. The molecule has 2 aromatic carbocycles. The summed E-state index contributed by atoms with van der Waals surface area (Å²) in [6.07, 6.45) is 1.34. The molecular formula is C17H15ClFN3O3. The third-order valence-corrected chi connectivity index (χ3v) is 3.35. The Morgan fingerprint density at radius 3 is 2.72 bits per heavy atom. The molecule has 0 fully saturated rings. The fraction of sp³-hybridized carbons (Fsp3) is 0.118. The van der Waals surface area contributed by atoms with E-state index in [0.717, 1.165) is 0 Å². The lowest BCUT2D eigenvalue weighted by atomic mass is 10.2. The molecule has 0 saturated carbocycles. The van der Waals surface area contributed by atoms with Gasteiger partial charge in [0.15, 0.2) is 0 Å². The van der Waals surface area contributed by atoms with Crippen LogP contribution in [0.15, 0.2) is 47.6 Å². The first-order chi connectivity index (χ1) is 12.0. The van der Waals surface area contributed by atoms with Crippen LogP contribution in [0.4, 0.5) is 4.39 Å². The van der Waals surface area contributed by atoms with Crippen molar-refractivity contribution in [3.8, 4) is 5.75 Å². The van der Waals surface area contributed by atoms with E-state index in [0.29, 0.717) is 21.9 Å². The van der Waals surface area contributed by atoms with Gasteiger partial charge in [-0.2, -0.15) is 5.10 Å². The Morgan fingerprint density at radius 1 is 1.24 bits per heavy atom. The lowest BCUT2D eigenvalue weighted by Crippen LogP contribution is -2.35. The molecule has 2 aromatic rings. The zero-order valence-electron chi connectivity index (χ0n) is 13.3. The van der Waals surface area contributed by atoms with Gasteiger partial charge in [-0.25, -0.2) is 9.82 Å². The summed E-state index contributed by atoms with van der Waals surface area (Å²) in [6, 6.07) is 11.0. The van der Waals surface area contributed by atoms with Crippen LogP contribution < -0.4 is 15.5 Å². The Kier molecular flexibility index (Phi) is 6.47. The quantitative estimate of drug-likeness (QED) is 0.486. The third kappa shape index (κ3) is 5.58. The number of carbonyl (C=O) groups is 2. The molecule has 0 unspecified atom stereocenters. The topological polar surface area (TPSA) is 79.8 Å². The number of rotatable bonds is 5. The van der Waals surface area contributed by atoms with Crippen molar-refractivity contribution < 1.29 is 18.7 Å². The molecule has 0 bridgehead atoms. The van der Waals surface area contributed by atoms with E-state index in [4.69, 9.17) is 16.3 Å². The summed E-state index contributed by atoms with van der Waals surface area (Å²) >= 11 is 6.13. The summed E-state index contributed by atoms with van der Waals surface area (Å²) in [5.41, 5.74) is 3.35. The SMILES string of the molecule is CNC(=O)C(=O)N/N=C\c1ccc(OCc2cccc(F)c2)c(Cl)c1. The predicted octanol–water partition coefficient (Wildman–Crippen LogP) is 2.25. The maximum atomic E-state index is 13.1. The molecule has 2 amide bonds. The molecule has 0 aromatic heterocycles. The molecule has 25 heavy (non-hydrogen) atoms. The third-order valence-electron chi connectivity index (χ3n) is 3.05. The van der Waals surface area contributed by atoms with Crippen LogP contribution in [-0.4, -0.2) is 25.1 Å². The van der Waals surface area contributed by atoms with E-state index in [-0.39, 0.29) is 12.4 Å². The van der Waals surface area contributed by atoms with Gasteiger partial charge in [-0.3, -0.25) is 9.59 Å². The number of ether oxygens (including phenoxy) is 1. The van der Waals surface area contributed by atoms with Gasteiger partial charge in [0.25, 0.3) is 0 Å². The van der Waals surface area contributed by atoms with Crippen molar-refractivity contribution in [1.82, 2.24) is 10.7 Å². The largest absolute Gasteiger partial charge is 0.487 e. The standard InChI is InChI=1S/C17H15ClFN3O3/c1-20-16(23)17(24)22-21-9-11-5-6-15(14(18)8-11)25-10-12-3-2-4-13(19)7-12/h2-9H,10H2,1H3,(H,20,23)(H,22,24)/b21-9-. The number of hydrogen-bond acceptors (Lipinski definition) is 4. The smallest absolute Gasteiger partial charge is 0.329 e. The Bertz CT molecular complexity index is 811. The van der Waals surface area contributed by atoms with Gasteiger partial charge in [-0.05, 0) is 41.5 Å². The van der Waals surface area contributed by atoms with E-state index in [1.54, 1.807) is 30.3 Å². The average molecular weight is 364 g/mol. The van der Waals surface area contributed by atoms with Crippen LogP contribution in [0.25, 0.3) is 0 Å². The maximum Gasteiger partial charge on any atom is 0.329 e. The highest BCUT2D eigenvalue weighted by molar-refractivity contribution is 6.35. The second-order valence-electron chi connectivity index (χ2n) is 4.89. The molecule has 0 aliphatic carbocycles. The summed E-state index contributed by atoms with van der Waals surface area (Å²) < 4.78 is 18.7. The van der Waals surface area contributed by atoms with Gasteiger partial charge in [0.2, 0.25) is 0 Å². The van der Waals surface area contributed by atoms with Crippen LogP contribution in [0.2, 0.25) is 5.02 Å². The Hall–Kier alpha value is -2.93. The maximum absolute atomic E-state index is 13.1. The van der Waals surface area contributed by atoms with Crippen LogP contribution in [0, 0.1) is 5.82 Å². The van der Waals surface area contributed by atoms with Crippen molar-refractivity contribution in [1.29, 1.82) is 0 Å². The van der Waals surface area contributed by atoms with Crippen LogP contribution in [0.5, 0.6) is 5.75 Å². The van der Waals surface area contributed by atoms with Crippen LogP contribution >= 0.6 is 11.6 Å². The second-order valence-corrected chi connectivity index (χ2v) is 5.29. The minimum atomic E-state index is -0.875. The number of halogens is 2. The van der Waals surface area contributed by atoms with Gasteiger partial charge in [0.1, 0.15) is 18.2 Å². The van der Waals surface area contributed by atoms with Crippen LogP contribution in [-0.2, 0) is 16.2 Å². The molecule has 6 nitrogen and oxygen atoms in total. The summed E-state index contributed by atoms with van der Waals surface area (Å²) in [7, 11) is 1.34. The van der Waals surface area contributed by atoms with E-state index in [9.17, 15) is 14.0 Å². The molecule has 0 radical (unpaired) electrons. The highest BCUT2D eigenvalue weighted by Crippen LogP contribution is 2.25. The van der Waals surface area contributed by atoms with Crippen LogP contribution in [0.1, 0.15) is 11.1 Å². The fourth-order valence-corrected chi connectivity index (χ4v) is 2.08. The predicted molar refractivity (Wildman–Crippen MR) is 92.0 cm³/mol. The number of amides is 2. The number of nitrogens with one attached hydrogen (secondary N) is 2. The first-order valence-corrected chi connectivity index (χ1v) is 7.59. The molecule has 2 N–H and O–H groups in total. The van der Waals surface area contributed by atoms with Gasteiger partial charge in [0, 0.05) is 7.05 Å². The number of hydrogen-bond donors (Lipinski definition) is 2. The van der Waals surface area contributed by atoms with Crippen molar-refractivity contribution in [2.24, 2.45) is 5.10 Å². The summed E-state index contributed by atoms with van der Waals surface area (Å²) in [5, 5.41) is 6.16. The van der Waals surface area contributed by atoms with Crippen molar-refractivity contribution in [3.05, 3.63) is 64.4 Å². The molecule has 2 rings (SSSR count). The van der Waals surface area contributed by atoms with E-state index in [1.165, 1.54) is 25.4 Å². The average Bonchev–Trinajstić information content (AvgIpc) is 2.60. The van der Waals surface area contributed by atoms with E-state index in [2.05, 4.69) is 15.8 Å². The Labute approximate surface area is 148 Å². The van der Waals surface area contributed by atoms with Gasteiger partial charge in [-0.1, -0.05) is 23.7 Å². The van der Waals surface area contributed by atoms with Gasteiger partial charge < -0.3 is 10.1 Å². The molecular weight excluding hydrogens is 349 g/mol. The molecule has 0 atom stereocenters. The molecule has 8 heteroatoms. The first kappa shape index (κ1) is 18.4. The van der Waals surface area contributed by atoms with Crippen molar-refractivity contribution >= 4 is 29.6 Å². The summed E-state index contributed by atoms with van der Waals surface area (Å²) in [4.78, 5) is 22.2. The minimum absolute atomic E-state index is 0.174. The number of likely N-dealkylation sites (N-methyl/N-ethyl adjacent to an activating group) is 1. The lowest BCUT2D eigenvalue weighted by Gasteiger charge is -2.08. The second kappa shape index (κ2) is 8.79. The molecule has 0 heterocycles. The zero-order chi connectivity index (χ0) is 18.2. The number of hydrazone groups is 1. The highest BCUT2D eigenvalue weighted by atomic mass is 35.5. The monoisotopic (exact) mass is 363 g/mol. The minimum Gasteiger partial charge on any atom is -0.487 e. The van der Waals surface area contributed by atoms with Gasteiger partial charge >= 0.3 is 11.8 Å². The van der Waals surface area contributed by atoms with Crippen molar-refractivity contribution in [2.45, 2.75) is 6.61 Å². The molecule has 0 aliphatic heterocycles. The van der Waals surface area contributed by atoms with Crippen molar-refractivity contribution in [2.75, 3.05) is 7.05 Å². The van der Waals surface area contributed by atoms with Crippen molar-refractivity contribution in [3.63, 3.8) is 0 Å². The van der Waals surface area contributed by atoms with E-state index >= 15 is 0 Å². The number of carbonyl (C=O) groups excluding carboxylic acids is 2. The molecule has 0 saturated heterocycles. The summed E-state index contributed by atoms with van der Waals surface area (Å²) in [6.45, 7) is 0.174. The van der Waals surface area contributed by atoms with Gasteiger partial charge in [-0.15, -0.1) is 0 Å². The molecule has 0 spiro atoms. The summed E-state index contributed by atoms with van der Waals surface area (Å²) in [5.74, 6) is -1.58. The Balaban J connectivity index is 1.95. The van der Waals surface area contributed by atoms with E-state index < -0.39 is 11.8 Å². The fourth-order valence-electron chi connectivity index (χ4n) is 1.83.